The van der Waals surface area contributed by atoms with Gasteiger partial charge in [-0.15, -0.1) is 22.7 Å². The number of hydrogen-bond donors (Lipinski definition) is 2. The first-order valence-electron chi connectivity index (χ1n) is 16.9. The number of esters is 2. The van der Waals surface area contributed by atoms with Gasteiger partial charge in [-0.1, -0.05) is 60.5 Å². The van der Waals surface area contributed by atoms with Crippen LogP contribution >= 0.6 is 22.7 Å². The summed E-state index contributed by atoms with van der Waals surface area (Å²) in [6.45, 7) is 13.6. The van der Waals surface area contributed by atoms with Crippen molar-refractivity contribution in [2.24, 2.45) is 22.7 Å². The van der Waals surface area contributed by atoms with E-state index in [9.17, 15) is 19.2 Å². The number of benzene rings is 1. The summed E-state index contributed by atoms with van der Waals surface area (Å²) in [7, 11) is 2.71. The minimum Gasteiger partial charge on any atom is -0.465 e. The molecule has 0 saturated heterocycles. The topological polar surface area (TPSA) is 111 Å². The molecule has 2 aromatic heterocycles. The maximum atomic E-state index is 13.6. The van der Waals surface area contributed by atoms with Crippen molar-refractivity contribution in [2.75, 3.05) is 24.9 Å². The quantitative estimate of drug-likeness (QED) is 0.205. The maximum Gasteiger partial charge on any atom is 0.341 e. The smallest absolute Gasteiger partial charge is 0.341 e. The minimum absolute atomic E-state index is 0.173. The predicted molar refractivity (Wildman–Crippen MR) is 193 cm³/mol. The van der Waals surface area contributed by atoms with Crippen LogP contribution in [0.4, 0.5) is 10.0 Å². The monoisotopic (exact) mass is 692 g/mol. The molecule has 0 saturated carbocycles. The summed E-state index contributed by atoms with van der Waals surface area (Å²) >= 11 is 2.88. The highest BCUT2D eigenvalue weighted by atomic mass is 32.1. The number of nitrogens with one attached hydrogen (secondary N) is 2. The number of anilines is 2. The number of rotatable bonds is 10. The summed E-state index contributed by atoms with van der Waals surface area (Å²) in [5.41, 5.74) is 3.67. The van der Waals surface area contributed by atoms with Gasteiger partial charge in [-0.2, -0.15) is 0 Å². The fraction of sp³-hybridized carbons (Fsp3) is 0.526. The molecule has 2 aliphatic rings. The van der Waals surface area contributed by atoms with E-state index in [1.54, 1.807) is 18.2 Å². The Morgan fingerprint density at radius 3 is 1.48 bits per heavy atom. The van der Waals surface area contributed by atoms with Crippen LogP contribution in [0.2, 0.25) is 0 Å². The second-order valence-electron chi connectivity index (χ2n) is 14.5. The molecule has 1 aromatic carbocycles. The lowest BCUT2D eigenvalue weighted by Crippen LogP contribution is -2.28. The Morgan fingerprint density at radius 1 is 0.729 bits per heavy atom. The van der Waals surface area contributed by atoms with Crippen LogP contribution in [0.25, 0.3) is 0 Å². The Labute approximate surface area is 292 Å². The molecule has 0 bridgehead atoms. The van der Waals surface area contributed by atoms with Crippen LogP contribution in [0.5, 0.6) is 0 Å². The van der Waals surface area contributed by atoms with Crippen molar-refractivity contribution in [2.45, 2.75) is 92.9 Å². The van der Waals surface area contributed by atoms with Gasteiger partial charge in [-0.25, -0.2) is 9.59 Å². The largest absolute Gasteiger partial charge is 0.465 e. The van der Waals surface area contributed by atoms with Crippen LogP contribution in [-0.4, -0.2) is 38.0 Å². The number of carbonyl (C=O) groups excluding carboxylic acids is 4. The van der Waals surface area contributed by atoms with Gasteiger partial charge < -0.3 is 20.1 Å². The summed E-state index contributed by atoms with van der Waals surface area (Å²) < 4.78 is 10.3. The zero-order chi connectivity index (χ0) is 35.0. The first-order chi connectivity index (χ1) is 22.7. The number of hydrogen-bond acceptors (Lipinski definition) is 8. The lowest BCUT2D eigenvalue weighted by Gasteiger charge is -2.36. The van der Waals surface area contributed by atoms with E-state index in [1.807, 2.05) is 0 Å². The Kier molecular flexibility index (Phi) is 10.6. The van der Waals surface area contributed by atoms with Crippen LogP contribution in [0.3, 0.4) is 0 Å². The summed E-state index contributed by atoms with van der Waals surface area (Å²) in [6, 6.07) is 6.45. The fourth-order valence-electron chi connectivity index (χ4n) is 7.05. The molecule has 258 valence electrons. The molecule has 5 rings (SSSR count). The molecule has 2 heterocycles. The van der Waals surface area contributed by atoms with Crippen LogP contribution < -0.4 is 10.6 Å². The highest BCUT2D eigenvalue weighted by molar-refractivity contribution is 7.17. The number of amides is 2. The lowest BCUT2D eigenvalue weighted by molar-refractivity contribution is 0.0591. The average molecular weight is 693 g/mol. The van der Waals surface area contributed by atoms with E-state index in [4.69, 9.17) is 9.47 Å². The van der Waals surface area contributed by atoms with Crippen molar-refractivity contribution in [1.29, 1.82) is 0 Å². The highest BCUT2D eigenvalue weighted by Crippen LogP contribution is 2.47. The van der Waals surface area contributed by atoms with E-state index >= 15 is 0 Å². The summed E-state index contributed by atoms with van der Waals surface area (Å²) in [5, 5.41) is 6.85. The average Bonchev–Trinajstić information content (AvgIpc) is 3.63. The van der Waals surface area contributed by atoms with Gasteiger partial charge in [-0.3, -0.25) is 9.59 Å². The first-order valence-corrected chi connectivity index (χ1v) is 18.6. The van der Waals surface area contributed by atoms with Crippen molar-refractivity contribution < 1.29 is 28.7 Å². The molecule has 48 heavy (non-hydrogen) atoms. The standard InChI is InChI=1S/C38H48N2O6S2/c1-9-37(3,4)23-14-16-25-27(19-23)47-33(29(25)35(43)45-7)39-31(41)21-12-11-13-22(18-21)32(42)40-34-30(36(44)46-8)26-17-15-24(20-28(26)48-34)38(5,6)10-2/h11-13,18,23-24H,9-10,14-17,19-20H2,1-8H3,(H,39,41)(H,40,42). The highest BCUT2D eigenvalue weighted by Gasteiger charge is 2.37. The fourth-order valence-corrected chi connectivity index (χ4v) is 9.67. The van der Waals surface area contributed by atoms with Gasteiger partial charge in [0.25, 0.3) is 11.8 Å². The molecule has 8 nitrogen and oxygen atoms in total. The first kappa shape index (κ1) is 35.8. The van der Waals surface area contributed by atoms with Gasteiger partial charge in [0.15, 0.2) is 0 Å². The molecule has 3 aromatic rings. The molecule has 0 spiro atoms. The summed E-state index contributed by atoms with van der Waals surface area (Å²) in [4.78, 5) is 55.3. The van der Waals surface area contributed by atoms with E-state index in [-0.39, 0.29) is 22.0 Å². The molecule has 2 atom stereocenters. The summed E-state index contributed by atoms with van der Waals surface area (Å²) in [5.74, 6) is -0.815. The minimum atomic E-state index is -0.464. The van der Waals surface area contributed by atoms with E-state index in [0.29, 0.717) is 33.0 Å². The maximum absolute atomic E-state index is 13.6. The number of carbonyl (C=O) groups is 4. The second kappa shape index (κ2) is 14.2. The van der Waals surface area contributed by atoms with Gasteiger partial charge in [-0.05, 0) is 90.5 Å². The third kappa shape index (κ3) is 6.97. The Balaban J connectivity index is 1.38. The Hall–Kier alpha value is -3.50. The summed E-state index contributed by atoms with van der Waals surface area (Å²) in [6.07, 6.45) is 7.29. The lowest BCUT2D eigenvalue weighted by atomic mass is 9.69. The third-order valence-corrected chi connectivity index (χ3v) is 13.5. The number of thiophene rings is 2. The van der Waals surface area contributed by atoms with Gasteiger partial charge in [0, 0.05) is 20.9 Å². The van der Waals surface area contributed by atoms with Crippen molar-refractivity contribution >= 4 is 56.4 Å². The van der Waals surface area contributed by atoms with E-state index in [1.165, 1.54) is 43.0 Å². The molecule has 2 aliphatic carbocycles. The van der Waals surface area contributed by atoms with E-state index in [2.05, 4.69) is 52.2 Å². The molecular weight excluding hydrogens is 645 g/mol. The number of ether oxygens (including phenoxy) is 2. The Bertz CT molecular complexity index is 1610. The van der Waals surface area contributed by atoms with E-state index in [0.717, 1.165) is 72.2 Å². The van der Waals surface area contributed by atoms with Gasteiger partial charge in [0.05, 0.1) is 25.3 Å². The molecular formula is C38H48N2O6S2. The predicted octanol–water partition coefficient (Wildman–Crippen LogP) is 8.97. The molecule has 0 aliphatic heterocycles. The van der Waals surface area contributed by atoms with E-state index < -0.39 is 23.8 Å². The molecule has 2 N–H and O–H groups in total. The number of methoxy groups -OCH3 is 2. The third-order valence-electron chi connectivity index (χ3n) is 11.2. The van der Waals surface area contributed by atoms with Crippen molar-refractivity contribution in [3.63, 3.8) is 0 Å². The zero-order valence-electron chi connectivity index (χ0n) is 29.4. The molecule has 10 heteroatoms. The molecule has 2 unspecified atom stereocenters. The SMILES string of the molecule is CCC(C)(C)C1CCc2c(sc(NC(=O)c3cccc(C(=O)Nc4sc5c(c4C(=O)OC)CCC(C(C)(C)CC)C5)c3)c2C(=O)OC)C1. The van der Waals surface area contributed by atoms with Gasteiger partial charge in [0.2, 0.25) is 0 Å². The number of fused-ring (bicyclic) bond motifs is 2. The zero-order valence-corrected chi connectivity index (χ0v) is 31.0. The van der Waals surface area contributed by atoms with Crippen LogP contribution in [0.15, 0.2) is 24.3 Å². The van der Waals surface area contributed by atoms with Crippen molar-refractivity contribution in [3.8, 4) is 0 Å². The molecule has 2 amide bonds. The van der Waals surface area contributed by atoms with Gasteiger partial charge >= 0.3 is 11.9 Å². The van der Waals surface area contributed by atoms with Crippen LogP contribution in [0.1, 0.15) is 130 Å². The molecule has 0 radical (unpaired) electrons. The van der Waals surface area contributed by atoms with Crippen LogP contribution in [-0.2, 0) is 35.2 Å². The normalized spacial score (nSPS) is 17.6. The Morgan fingerprint density at radius 2 is 1.12 bits per heavy atom. The van der Waals surface area contributed by atoms with Gasteiger partial charge in [0.1, 0.15) is 10.0 Å². The second-order valence-corrected chi connectivity index (χ2v) is 16.7. The van der Waals surface area contributed by atoms with Crippen molar-refractivity contribution in [3.05, 3.63) is 67.4 Å². The van der Waals surface area contributed by atoms with Crippen LogP contribution in [0, 0.1) is 22.7 Å². The molecule has 0 fully saturated rings. The van der Waals surface area contributed by atoms with Crippen molar-refractivity contribution in [1.82, 2.24) is 0 Å².